The Morgan fingerprint density at radius 2 is 1.83 bits per heavy atom. The Hall–Kier alpha value is -2.27. The molecule has 0 saturated carbocycles. The van der Waals surface area contributed by atoms with Gasteiger partial charge >= 0.3 is 6.61 Å². The summed E-state index contributed by atoms with van der Waals surface area (Å²) in [5.74, 6) is -0.492. The van der Waals surface area contributed by atoms with E-state index < -0.39 is 22.5 Å². The maximum Gasteiger partial charge on any atom is 0.387 e. The zero-order chi connectivity index (χ0) is 21.7. The van der Waals surface area contributed by atoms with Crippen molar-refractivity contribution in [2.45, 2.75) is 18.1 Å². The predicted molar refractivity (Wildman–Crippen MR) is 105 cm³/mol. The van der Waals surface area contributed by atoms with Crippen molar-refractivity contribution in [2.75, 3.05) is 26.3 Å². The molecule has 7 nitrogen and oxygen atoms in total. The van der Waals surface area contributed by atoms with Crippen molar-refractivity contribution < 1.29 is 31.5 Å². The van der Waals surface area contributed by atoms with Crippen LogP contribution < -0.4 is 10.1 Å². The summed E-state index contributed by atoms with van der Waals surface area (Å²) in [7, 11) is -3.86. The molecule has 1 fully saturated rings. The third-order valence-electron chi connectivity index (χ3n) is 4.38. The average Bonchev–Trinajstić information content (AvgIpc) is 2.73. The number of hydrogen-bond donors (Lipinski definition) is 1. The molecule has 0 aromatic heterocycles. The summed E-state index contributed by atoms with van der Waals surface area (Å²) >= 11 is 6.09. The topological polar surface area (TPSA) is 84.9 Å². The van der Waals surface area contributed by atoms with Gasteiger partial charge in [0.15, 0.2) is 0 Å². The number of ether oxygens (including phenoxy) is 2. The van der Waals surface area contributed by atoms with Gasteiger partial charge in [-0.15, -0.1) is 0 Å². The zero-order valence-electron chi connectivity index (χ0n) is 15.7. The van der Waals surface area contributed by atoms with Crippen LogP contribution in [-0.2, 0) is 21.3 Å². The molecule has 11 heteroatoms. The molecule has 1 N–H and O–H groups in total. The lowest BCUT2D eigenvalue weighted by Crippen LogP contribution is -2.40. The van der Waals surface area contributed by atoms with E-state index in [4.69, 9.17) is 16.3 Å². The van der Waals surface area contributed by atoms with Gasteiger partial charge in [-0.3, -0.25) is 4.79 Å². The minimum absolute atomic E-state index is 0.00994. The van der Waals surface area contributed by atoms with E-state index in [1.54, 1.807) is 0 Å². The summed E-state index contributed by atoms with van der Waals surface area (Å²) in [6.45, 7) is -1.80. The Morgan fingerprint density at radius 3 is 2.47 bits per heavy atom. The number of sulfonamides is 1. The Morgan fingerprint density at radius 1 is 1.17 bits per heavy atom. The standard InChI is InChI=1S/C19H19ClF2N2O5S/c20-16-6-3-14(11-17(16)30(26,27)24-7-9-28-10-8-24)18(25)23-12-13-1-4-15(5-2-13)29-19(21)22/h1-6,11,19H,7-10,12H2,(H,23,25). The maximum absolute atomic E-state index is 12.9. The molecule has 1 amide bonds. The first-order valence-electron chi connectivity index (χ1n) is 8.97. The number of halogens is 3. The Labute approximate surface area is 177 Å². The summed E-state index contributed by atoms with van der Waals surface area (Å²) < 4.78 is 60.8. The molecule has 2 aromatic rings. The molecule has 1 aliphatic heterocycles. The lowest BCUT2D eigenvalue weighted by Gasteiger charge is -2.26. The van der Waals surface area contributed by atoms with Gasteiger partial charge in [0.25, 0.3) is 5.91 Å². The summed E-state index contributed by atoms with van der Waals surface area (Å²) in [4.78, 5) is 12.3. The highest BCUT2D eigenvalue weighted by Gasteiger charge is 2.29. The Kier molecular flexibility index (Phi) is 7.24. The van der Waals surface area contributed by atoms with Crippen molar-refractivity contribution in [3.05, 3.63) is 58.6 Å². The average molecular weight is 461 g/mol. The summed E-state index contributed by atoms with van der Waals surface area (Å²) in [5, 5.41) is 2.67. The van der Waals surface area contributed by atoms with Crippen molar-refractivity contribution in [2.24, 2.45) is 0 Å². The highest BCUT2D eigenvalue weighted by Crippen LogP contribution is 2.26. The molecule has 0 atom stereocenters. The van der Waals surface area contributed by atoms with Gasteiger partial charge in [0.05, 0.1) is 18.2 Å². The molecule has 1 heterocycles. The van der Waals surface area contributed by atoms with E-state index >= 15 is 0 Å². The lowest BCUT2D eigenvalue weighted by atomic mass is 10.2. The number of hydrogen-bond acceptors (Lipinski definition) is 5. The molecule has 1 saturated heterocycles. The molecular formula is C19H19ClF2N2O5S. The van der Waals surface area contributed by atoms with E-state index in [2.05, 4.69) is 10.1 Å². The fourth-order valence-electron chi connectivity index (χ4n) is 2.84. The summed E-state index contributed by atoms with van der Waals surface area (Å²) in [5.41, 5.74) is 0.781. The molecule has 30 heavy (non-hydrogen) atoms. The Bertz CT molecular complexity index is 996. The third-order valence-corrected chi connectivity index (χ3v) is 6.76. The SMILES string of the molecule is O=C(NCc1ccc(OC(F)F)cc1)c1ccc(Cl)c(S(=O)(=O)N2CCOCC2)c1. The van der Waals surface area contributed by atoms with Crippen molar-refractivity contribution in [3.63, 3.8) is 0 Å². The second-order valence-electron chi connectivity index (χ2n) is 6.37. The molecule has 3 rings (SSSR count). The van der Waals surface area contributed by atoms with E-state index in [9.17, 15) is 22.0 Å². The predicted octanol–water partition coefficient (Wildman–Crippen LogP) is 2.89. The van der Waals surface area contributed by atoms with E-state index in [1.165, 1.54) is 46.8 Å². The van der Waals surface area contributed by atoms with Crippen molar-refractivity contribution in [1.82, 2.24) is 9.62 Å². The number of nitrogens with zero attached hydrogens (tertiary/aromatic N) is 1. The van der Waals surface area contributed by atoms with Gasteiger partial charge in [-0.25, -0.2) is 8.42 Å². The monoisotopic (exact) mass is 460 g/mol. The number of carbonyl (C=O) groups excluding carboxylic acids is 1. The first-order chi connectivity index (χ1) is 14.3. The lowest BCUT2D eigenvalue weighted by molar-refractivity contribution is -0.0498. The zero-order valence-corrected chi connectivity index (χ0v) is 17.3. The van der Waals surface area contributed by atoms with Gasteiger partial charge in [-0.2, -0.15) is 13.1 Å². The minimum atomic E-state index is -3.86. The van der Waals surface area contributed by atoms with E-state index in [-0.39, 0.29) is 54.1 Å². The van der Waals surface area contributed by atoms with Gasteiger partial charge in [-0.05, 0) is 35.9 Å². The molecule has 1 aliphatic rings. The van der Waals surface area contributed by atoms with Crippen molar-refractivity contribution >= 4 is 27.5 Å². The number of carbonyl (C=O) groups is 1. The van der Waals surface area contributed by atoms with Crippen LogP contribution in [0.3, 0.4) is 0 Å². The van der Waals surface area contributed by atoms with E-state index in [0.717, 1.165) is 0 Å². The molecule has 0 spiro atoms. The number of rotatable bonds is 7. The van der Waals surface area contributed by atoms with Crippen LogP contribution in [0.15, 0.2) is 47.4 Å². The normalized spacial score (nSPS) is 15.2. The fraction of sp³-hybridized carbons (Fsp3) is 0.316. The molecule has 0 radical (unpaired) electrons. The van der Waals surface area contributed by atoms with E-state index in [1.807, 2.05) is 0 Å². The number of nitrogens with one attached hydrogen (secondary N) is 1. The number of morpholine rings is 1. The highest BCUT2D eigenvalue weighted by atomic mass is 35.5. The molecule has 2 aromatic carbocycles. The van der Waals surface area contributed by atoms with Crippen LogP contribution in [0.25, 0.3) is 0 Å². The maximum atomic E-state index is 12.9. The van der Waals surface area contributed by atoms with Crippen molar-refractivity contribution in [3.8, 4) is 5.75 Å². The quantitative estimate of drug-likeness (QED) is 0.686. The smallest absolute Gasteiger partial charge is 0.387 e. The molecular weight excluding hydrogens is 442 g/mol. The van der Waals surface area contributed by atoms with Gasteiger partial charge in [0.2, 0.25) is 10.0 Å². The largest absolute Gasteiger partial charge is 0.435 e. The molecule has 0 aliphatic carbocycles. The molecule has 0 bridgehead atoms. The van der Waals surface area contributed by atoms with Crippen LogP contribution in [0.2, 0.25) is 5.02 Å². The number of alkyl halides is 2. The van der Waals surface area contributed by atoms with Crippen LogP contribution in [0.1, 0.15) is 15.9 Å². The second kappa shape index (κ2) is 9.69. The first kappa shape index (κ1) is 22.4. The van der Waals surface area contributed by atoms with E-state index in [0.29, 0.717) is 5.56 Å². The van der Waals surface area contributed by atoms with Crippen LogP contribution >= 0.6 is 11.6 Å². The first-order valence-corrected chi connectivity index (χ1v) is 10.8. The van der Waals surface area contributed by atoms with Crippen LogP contribution in [0.5, 0.6) is 5.75 Å². The number of amides is 1. The van der Waals surface area contributed by atoms with Crippen molar-refractivity contribution in [1.29, 1.82) is 0 Å². The second-order valence-corrected chi connectivity index (χ2v) is 8.68. The molecule has 0 unspecified atom stereocenters. The van der Waals surface area contributed by atoms with Crippen LogP contribution in [0.4, 0.5) is 8.78 Å². The van der Waals surface area contributed by atoms with Gasteiger partial charge in [0, 0.05) is 25.2 Å². The van der Waals surface area contributed by atoms with Crippen LogP contribution in [0, 0.1) is 0 Å². The Balaban J connectivity index is 1.70. The van der Waals surface area contributed by atoms with Gasteiger partial charge in [-0.1, -0.05) is 23.7 Å². The fourth-order valence-corrected chi connectivity index (χ4v) is 4.75. The molecule has 162 valence electrons. The number of benzene rings is 2. The minimum Gasteiger partial charge on any atom is -0.435 e. The summed E-state index contributed by atoms with van der Waals surface area (Å²) in [6, 6.07) is 9.83. The van der Waals surface area contributed by atoms with Gasteiger partial charge in [0.1, 0.15) is 10.6 Å². The van der Waals surface area contributed by atoms with Crippen LogP contribution in [-0.4, -0.2) is 51.5 Å². The van der Waals surface area contributed by atoms with Gasteiger partial charge < -0.3 is 14.8 Å². The third kappa shape index (κ3) is 5.45. The highest BCUT2D eigenvalue weighted by molar-refractivity contribution is 7.89. The summed E-state index contributed by atoms with van der Waals surface area (Å²) in [6.07, 6.45) is 0.